The van der Waals surface area contributed by atoms with Crippen molar-refractivity contribution in [2.24, 2.45) is 14.1 Å². The topological polar surface area (TPSA) is 116 Å². The van der Waals surface area contributed by atoms with Crippen LogP contribution in [0.2, 0.25) is 0 Å². The van der Waals surface area contributed by atoms with Gasteiger partial charge in [0.25, 0.3) is 0 Å². The summed E-state index contributed by atoms with van der Waals surface area (Å²) in [4.78, 5) is 22.0. The quantitative estimate of drug-likeness (QED) is 0.514. The first-order chi connectivity index (χ1) is 16.0. The molecule has 5 rings (SSSR count). The Hall–Kier alpha value is -3.97. The van der Waals surface area contributed by atoms with Gasteiger partial charge in [-0.3, -0.25) is 13.8 Å². The molecule has 0 amide bonds. The lowest BCUT2D eigenvalue weighted by molar-refractivity contribution is 0.0695. The molecule has 3 aromatic heterocycles. The first-order valence-electron chi connectivity index (χ1n) is 10.8. The van der Waals surface area contributed by atoms with E-state index in [4.69, 9.17) is 9.72 Å². The average molecular weight is 444 g/mol. The smallest absolute Gasteiger partial charge is 0.330 e. The van der Waals surface area contributed by atoms with Crippen molar-refractivity contribution in [3.8, 4) is 17.2 Å². The number of anilines is 2. The number of nitriles is 1. The van der Waals surface area contributed by atoms with E-state index in [1.165, 1.54) is 0 Å². The fourth-order valence-corrected chi connectivity index (χ4v) is 4.32. The van der Waals surface area contributed by atoms with E-state index in [2.05, 4.69) is 21.5 Å². The molecule has 1 saturated heterocycles. The monoisotopic (exact) mass is 444 g/mol. The van der Waals surface area contributed by atoms with E-state index in [0.29, 0.717) is 35.9 Å². The molecular formula is C23H24N8O2. The maximum Gasteiger partial charge on any atom is 0.330 e. The summed E-state index contributed by atoms with van der Waals surface area (Å²) in [6.45, 7) is 3.22. The normalized spacial score (nSPS) is 14.5. The maximum absolute atomic E-state index is 12.9. The molecule has 1 fully saturated rings. The number of ether oxygens (including phenoxy) is 1. The van der Waals surface area contributed by atoms with Gasteiger partial charge in [-0.15, -0.1) is 0 Å². The van der Waals surface area contributed by atoms with Gasteiger partial charge in [-0.1, -0.05) is 0 Å². The van der Waals surface area contributed by atoms with Crippen LogP contribution in [0.4, 0.5) is 11.6 Å². The molecule has 1 N–H and O–H groups in total. The molecule has 1 aliphatic rings. The van der Waals surface area contributed by atoms with Crippen LogP contribution in [0, 0.1) is 18.3 Å². The van der Waals surface area contributed by atoms with Crippen LogP contribution in [-0.4, -0.2) is 42.1 Å². The van der Waals surface area contributed by atoms with Crippen molar-refractivity contribution in [3.63, 3.8) is 0 Å². The highest BCUT2D eigenvalue weighted by molar-refractivity contribution is 5.77. The first kappa shape index (κ1) is 20.9. The standard InChI is InChI=1S/C23H24N8O2/c1-14-8-18(16-11-26-29(2)13-16)15(10-24)9-19(14)27-22-25-12-20-21(28-22)31(23(32)30(20)3)17-4-6-33-7-5-17/h8-9,11-13,17H,4-7H2,1-3H3,(H,25,27,28). The van der Waals surface area contributed by atoms with E-state index in [1.54, 1.807) is 39.3 Å². The number of nitrogens with zero attached hydrogens (tertiary/aromatic N) is 7. The number of nitrogens with one attached hydrogen (secondary N) is 1. The van der Waals surface area contributed by atoms with Crippen molar-refractivity contribution in [1.82, 2.24) is 28.9 Å². The summed E-state index contributed by atoms with van der Waals surface area (Å²) in [5.41, 5.74) is 5.06. The number of aromatic nitrogens is 6. The van der Waals surface area contributed by atoms with E-state index in [0.717, 1.165) is 35.2 Å². The van der Waals surface area contributed by atoms with Gasteiger partial charge in [-0.05, 0) is 37.5 Å². The van der Waals surface area contributed by atoms with Crippen LogP contribution >= 0.6 is 0 Å². The van der Waals surface area contributed by atoms with Gasteiger partial charge in [0.15, 0.2) is 5.65 Å². The van der Waals surface area contributed by atoms with Crippen molar-refractivity contribution < 1.29 is 4.74 Å². The van der Waals surface area contributed by atoms with Crippen molar-refractivity contribution in [1.29, 1.82) is 5.26 Å². The molecule has 1 aromatic carbocycles. The summed E-state index contributed by atoms with van der Waals surface area (Å²) in [7, 11) is 3.58. The minimum atomic E-state index is -0.105. The second kappa shape index (κ2) is 8.18. The van der Waals surface area contributed by atoms with E-state index in [-0.39, 0.29) is 11.7 Å². The number of imidazole rings is 1. The van der Waals surface area contributed by atoms with Crippen LogP contribution in [-0.2, 0) is 18.8 Å². The molecule has 10 nitrogen and oxygen atoms in total. The molecule has 33 heavy (non-hydrogen) atoms. The highest BCUT2D eigenvalue weighted by Crippen LogP contribution is 2.30. The predicted octanol–water partition coefficient (Wildman–Crippen LogP) is 2.81. The van der Waals surface area contributed by atoms with E-state index < -0.39 is 0 Å². The highest BCUT2D eigenvalue weighted by atomic mass is 16.5. The van der Waals surface area contributed by atoms with Crippen molar-refractivity contribution >= 4 is 22.8 Å². The van der Waals surface area contributed by atoms with Crippen LogP contribution in [0.3, 0.4) is 0 Å². The van der Waals surface area contributed by atoms with Crippen LogP contribution in [0.25, 0.3) is 22.3 Å². The second-order valence-corrected chi connectivity index (χ2v) is 8.31. The largest absolute Gasteiger partial charge is 0.381 e. The summed E-state index contributed by atoms with van der Waals surface area (Å²) < 4.78 is 10.5. The summed E-state index contributed by atoms with van der Waals surface area (Å²) in [6.07, 6.45) is 6.82. The zero-order valence-corrected chi connectivity index (χ0v) is 18.7. The van der Waals surface area contributed by atoms with Crippen LogP contribution < -0.4 is 11.0 Å². The average Bonchev–Trinajstić information content (AvgIpc) is 3.36. The molecule has 0 saturated carbocycles. The summed E-state index contributed by atoms with van der Waals surface area (Å²) in [5.74, 6) is 0.370. The number of hydrogen-bond donors (Lipinski definition) is 1. The number of benzene rings is 1. The van der Waals surface area contributed by atoms with E-state index in [9.17, 15) is 10.1 Å². The van der Waals surface area contributed by atoms with Gasteiger partial charge in [-0.2, -0.15) is 15.3 Å². The molecule has 1 aliphatic heterocycles. The number of fused-ring (bicyclic) bond motifs is 1. The Balaban J connectivity index is 1.54. The zero-order valence-electron chi connectivity index (χ0n) is 18.7. The third-order valence-electron chi connectivity index (χ3n) is 6.14. The minimum absolute atomic E-state index is 0.0448. The number of rotatable bonds is 4. The van der Waals surface area contributed by atoms with Crippen LogP contribution in [0.1, 0.15) is 30.0 Å². The minimum Gasteiger partial charge on any atom is -0.381 e. The SMILES string of the molecule is Cc1cc(-c2cnn(C)c2)c(C#N)cc1Nc1ncc2c(n1)n(C1CCOCC1)c(=O)n2C. The lowest BCUT2D eigenvalue weighted by Gasteiger charge is -2.22. The van der Waals surface area contributed by atoms with Gasteiger partial charge < -0.3 is 10.1 Å². The molecule has 0 bridgehead atoms. The molecule has 0 aliphatic carbocycles. The lowest BCUT2D eigenvalue weighted by Crippen LogP contribution is -2.30. The van der Waals surface area contributed by atoms with Gasteiger partial charge in [-0.25, -0.2) is 9.78 Å². The zero-order chi connectivity index (χ0) is 23.1. The van der Waals surface area contributed by atoms with Crippen LogP contribution in [0.15, 0.2) is 35.5 Å². The fraction of sp³-hybridized carbons (Fsp3) is 0.348. The molecular weight excluding hydrogens is 420 g/mol. The fourth-order valence-electron chi connectivity index (χ4n) is 4.32. The summed E-state index contributed by atoms with van der Waals surface area (Å²) in [6, 6.07) is 6.06. The summed E-state index contributed by atoms with van der Waals surface area (Å²) >= 11 is 0. The highest BCUT2D eigenvalue weighted by Gasteiger charge is 2.23. The third-order valence-corrected chi connectivity index (χ3v) is 6.14. The number of hydrogen-bond acceptors (Lipinski definition) is 7. The van der Waals surface area contributed by atoms with Gasteiger partial charge in [0.2, 0.25) is 5.95 Å². The Morgan fingerprint density at radius 3 is 2.70 bits per heavy atom. The predicted molar refractivity (Wildman–Crippen MR) is 123 cm³/mol. The molecule has 168 valence electrons. The molecule has 0 spiro atoms. The van der Waals surface area contributed by atoms with Crippen LogP contribution in [0.5, 0.6) is 0 Å². The molecule has 0 atom stereocenters. The lowest BCUT2D eigenvalue weighted by atomic mass is 9.99. The Morgan fingerprint density at radius 1 is 1.21 bits per heavy atom. The maximum atomic E-state index is 12.9. The van der Waals surface area contributed by atoms with E-state index in [1.807, 2.05) is 26.2 Å². The van der Waals surface area contributed by atoms with Crippen molar-refractivity contribution in [3.05, 3.63) is 52.3 Å². The number of aryl methyl sites for hydroxylation is 3. The molecule has 10 heteroatoms. The Morgan fingerprint density at radius 2 is 2.00 bits per heavy atom. The molecule has 4 aromatic rings. The van der Waals surface area contributed by atoms with Gasteiger partial charge >= 0.3 is 5.69 Å². The molecule has 4 heterocycles. The Kier molecular flexibility index (Phi) is 5.18. The first-order valence-corrected chi connectivity index (χ1v) is 10.8. The van der Waals surface area contributed by atoms with Gasteiger partial charge in [0, 0.05) is 56.4 Å². The van der Waals surface area contributed by atoms with Crippen molar-refractivity contribution in [2.45, 2.75) is 25.8 Å². The third kappa shape index (κ3) is 3.66. The van der Waals surface area contributed by atoms with Crippen molar-refractivity contribution in [2.75, 3.05) is 18.5 Å². The second-order valence-electron chi connectivity index (χ2n) is 8.31. The Labute approximate surface area is 190 Å². The van der Waals surface area contributed by atoms with Gasteiger partial charge in [0.05, 0.1) is 24.0 Å². The molecule has 0 radical (unpaired) electrons. The van der Waals surface area contributed by atoms with E-state index >= 15 is 0 Å². The molecule has 0 unspecified atom stereocenters. The van der Waals surface area contributed by atoms with Gasteiger partial charge in [0.1, 0.15) is 5.52 Å². The summed E-state index contributed by atoms with van der Waals surface area (Å²) in [5, 5.41) is 17.2. The Bertz CT molecular complexity index is 1450.